The Morgan fingerprint density at radius 1 is 1.00 bits per heavy atom. The van der Waals surface area contributed by atoms with Crippen LogP contribution in [-0.2, 0) is 16.0 Å². The number of nitrogens with zero attached hydrogens (tertiary/aromatic N) is 1. The SMILES string of the molecule is CCNC(=O)[C@@]1(Cc2ccc(-c3ccccc3)cc2)CCCN(C(=O)CC)C1. The van der Waals surface area contributed by atoms with Crippen molar-refractivity contribution in [3.05, 3.63) is 60.2 Å². The largest absolute Gasteiger partial charge is 0.356 e. The third kappa shape index (κ3) is 4.44. The first-order chi connectivity index (χ1) is 13.6. The molecular formula is C24H30N2O2. The van der Waals surface area contributed by atoms with Crippen molar-refractivity contribution in [1.29, 1.82) is 0 Å². The van der Waals surface area contributed by atoms with Gasteiger partial charge >= 0.3 is 0 Å². The number of carbonyl (C=O) groups is 2. The Bertz CT molecular complexity index is 801. The molecule has 1 saturated heterocycles. The molecule has 0 spiro atoms. The maximum Gasteiger partial charge on any atom is 0.228 e. The van der Waals surface area contributed by atoms with Crippen molar-refractivity contribution in [3.8, 4) is 11.1 Å². The highest BCUT2D eigenvalue weighted by molar-refractivity contribution is 5.85. The Labute approximate surface area is 167 Å². The second-order valence-electron chi connectivity index (χ2n) is 7.65. The highest BCUT2D eigenvalue weighted by Crippen LogP contribution is 2.35. The lowest BCUT2D eigenvalue weighted by molar-refractivity contribution is -0.141. The van der Waals surface area contributed by atoms with E-state index in [-0.39, 0.29) is 11.8 Å². The summed E-state index contributed by atoms with van der Waals surface area (Å²) in [6, 6.07) is 18.8. The first-order valence-electron chi connectivity index (χ1n) is 10.3. The van der Waals surface area contributed by atoms with Gasteiger partial charge in [0.15, 0.2) is 0 Å². The zero-order chi connectivity index (χ0) is 20.0. The predicted molar refractivity (Wildman–Crippen MR) is 113 cm³/mol. The fourth-order valence-electron chi connectivity index (χ4n) is 4.16. The molecule has 0 bridgehead atoms. The third-order valence-corrected chi connectivity index (χ3v) is 5.65. The molecule has 2 aromatic rings. The van der Waals surface area contributed by atoms with Gasteiger partial charge in [-0.1, -0.05) is 61.5 Å². The van der Waals surface area contributed by atoms with Gasteiger partial charge in [-0.2, -0.15) is 0 Å². The predicted octanol–water partition coefficient (Wildman–Crippen LogP) is 4.05. The lowest BCUT2D eigenvalue weighted by Crippen LogP contribution is -2.54. The van der Waals surface area contributed by atoms with Gasteiger partial charge in [-0.3, -0.25) is 9.59 Å². The van der Waals surface area contributed by atoms with E-state index < -0.39 is 5.41 Å². The third-order valence-electron chi connectivity index (χ3n) is 5.65. The van der Waals surface area contributed by atoms with Crippen molar-refractivity contribution < 1.29 is 9.59 Å². The summed E-state index contributed by atoms with van der Waals surface area (Å²) >= 11 is 0. The van der Waals surface area contributed by atoms with Crippen LogP contribution in [-0.4, -0.2) is 36.3 Å². The average Bonchev–Trinajstić information content (AvgIpc) is 2.74. The van der Waals surface area contributed by atoms with E-state index in [0.29, 0.717) is 25.9 Å². The van der Waals surface area contributed by atoms with Crippen LogP contribution in [0.5, 0.6) is 0 Å². The van der Waals surface area contributed by atoms with Gasteiger partial charge in [-0.15, -0.1) is 0 Å². The van der Waals surface area contributed by atoms with E-state index in [4.69, 9.17) is 0 Å². The van der Waals surface area contributed by atoms with Crippen molar-refractivity contribution in [3.63, 3.8) is 0 Å². The van der Waals surface area contributed by atoms with Gasteiger partial charge in [0.25, 0.3) is 0 Å². The van der Waals surface area contributed by atoms with Crippen LogP contribution in [0, 0.1) is 5.41 Å². The lowest BCUT2D eigenvalue weighted by Gasteiger charge is -2.42. The molecule has 1 atom stereocenters. The van der Waals surface area contributed by atoms with E-state index in [1.165, 1.54) is 11.1 Å². The molecule has 1 aliphatic heterocycles. The number of likely N-dealkylation sites (tertiary alicyclic amines) is 1. The molecule has 0 aliphatic carbocycles. The number of amides is 2. The fraction of sp³-hybridized carbons (Fsp3) is 0.417. The van der Waals surface area contributed by atoms with Gasteiger partial charge in [0.1, 0.15) is 0 Å². The molecule has 4 heteroatoms. The van der Waals surface area contributed by atoms with Gasteiger partial charge in [0.2, 0.25) is 11.8 Å². The summed E-state index contributed by atoms with van der Waals surface area (Å²) in [7, 11) is 0. The van der Waals surface area contributed by atoms with E-state index in [1.54, 1.807) is 0 Å². The molecule has 28 heavy (non-hydrogen) atoms. The maximum atomic E-state index is 13.0. The molecule has 148 valence electrons. The molecule has 1 N–H and O–H groups in total. The minimum Gasteiger partial charge on any atom is -0.356 e. The lowest BCUT2D eigenvalue weighted by atomic mass is 9.74. The van der Waals surface area contributed by atoms with E-state index >= 15 is 0 Å². The fourth-order valence-corrected chi connectivity index (χ4v) is 4.16. The van der Waals surface area contributed by atoms with E-state index in [1.807, 2.05) is 36.9 Å². The number of hydrogen-bond acceptors (Lipinski definition) is 2. The summed E-state index contributed by atoms with van der Waals surface area (Å²) in [5.41, 5.74) is 2.94. The molecular weight excluding hydrogens is 348 g/mol. The number of rotatable bonds is 6. The zero-order valence-corrected chi connectivity index (χ0v) is 16.9. The number of nitrogens with one attached hydrogen (secondary N) is 1. The number of benzene rings is 2. The Balaban J connectivity index is 1.83. The van der Waals surface area contributed by atoms with Crippen molar-refractivity contribution in [1.82, 2.24) is 10.2 Å². The van der Waals surface area contributed by atoms with E-state index in [0.717, 1.165) is 24.9 Å². The van der Waals surface area contributed by atoms with Crippen LogP contribution in [0.2, 0.25) is 0 Å². The first kappa shape index (κ1) is 20.1. The molecule has 3 rings (SSSR count). The Morgan fingerprint density at radius 3 is 2.32 bits per heavy atom. The molecule has 4 nitrogen and oxygen atoms in total. The van der Waals surface area contributed by atoms with Crippen molar-refractivity contribution >= 4 is 11.8 Å². The van der Waals surface area contributed by atoms with Crippen LogP contribution in [0.3, 0.4) is 0 Å². The molecule has 2 amide bonds. The average molecular weight is 379 g/mol. The summed E-state index contributed by atoms with van der Waals surface area (Å²) in [5, 5.41) is 3.01. The Kier molecular flexibility index (Phi) is 6.50. The second kappa shape index (κ2) is 9.05. The van der Waals surface area contributed by atoms with Crippen molar-refractivity contribution in [2.24, 2.45) is 5.41 Å². The van der Waals surface area contributed by atoms with Gasteiger partial charge in [0, 0.05) is 26.1 Å². The summed E-state index contributed by atoms with van der Waals surface area (Å²) in [5.74, 6) is 0.198. The summed E-state index contributed by atoms with van der Waals surface area (Å²) in [6.45, 7) is 5.69. The molecule has 0 radical (unpaired) electrons. The molecule has 1 heterocycles. The van der Waals surface area contributed by atoms with Crippen LogP contribution in [0.4, 0.5) is 0 Å². The van der Waals surface area contributed by atoms with Gasteiger partial charge in [0.05, 0.1) is 5.41 Å². The highest BCUT2D eigenvalue weighted by Gasteiger charge is 2.43. The van der Waals surface area contributed by atoms with Crippen LogP contribution in [0.1, 0.15) is 38.7 Å². The van der Waals surface area contributed by atoms with Crippen LogP contribution in [0.15, 0.2) is 54.6 Å². The maximum absolute atomic E-state index is 13.0. The monoisotopic (exact) mass is 378 g/mol. The smallest absolute Gasteiger partial charge is 0.228 e. The van der Waals surface area contributed by atoms with Gasteiger partial charge in [-0.25, -0.2) is 0 Å². The number of hydrogen-bond donors (Lipinski definition) is 1. The molecule has 0 aromatic heterocycles. The van der Waals surface area contributed by atoms with Crippen LogP contribution >= 0.6 is 0 Å². The van der Waals surface area contributed by atoms with Crippen molar-refractivity contribution in [2.45, 2.75) is 39.5 Å². The Morgan fingerprint density at radius 2 is 1.68 bits per heavy atom. The topological polar surface area (TPSA) is 49.4 Å². The zero-order valence-electron chi connectivity index (χ0n) is 16.9. The molecule has 0 unspecified atom stereocenters. The number of carbonyl (C=O) groups excluding carboxylic acids is 2. The summed E-state index contributed by atoms with van der Waals surface area (Å²) < 4.78 is 0. The molecule has 1 aliphatic rings. The van der Waals surface area contributed by atoms with Crippen LogP contribution in [0.25, 0.3) is 11.1 Å². The van der Waals surface area contributed by atoms with Gasteiger partial charge in [-0.05, 0) is 42.9 Å². The van der Waals surface area contributed by atoms with E-state index in [9.17, 15) is 9.59 Å². The summed E-state index contributed by atoms with van der Waals surface area (Å²) in [6.07, 6.45) is 2.82. The highest BCUT2D eigenvalue weighted by atomic mass is 16.2. The minimum atomic E-state index is -0.548. The molecule has 2 aromatic carbocycles. The van der Waals surface area contributed by atoms with Crippen molar-refractivity contribution in [2.75, 3.05) is 19.6 Å². The second-order valence-corrected chi connectivity index (χ2v) is 7.65. The number of piperidine rings is 1. The normalized spacial score (nSPS) is 19.3. The van der Waals surface area contributed by atoms with Crippen LogP contribution < -0.4 is 5.32 Å². The Hall–Kier alpha value is -2.62. The quantitative estimate of drug-likeness (QED) is 0.824. The first-order valence-corrected chi connectivity index (χ1v) is 10.3. The molecule has 0 saturated carbocycles. The summed E-state index contributed by atoms with van der Waals surface area (Å²) in [4.78, 5) is 27.2. The molecule has 1 fully saturated rings. The van der Waals surface area contributed by atoms with E-state index in [2.05, 4.69) is 41.7 Å². The van der Waals surface area contributed by atoms with Gasteiger partial charge < -0.3 is 10.2 Å². The standard InChI is InChI=1S/C24H30N2O2/c1-3-22(27)26-16-8-15-24(18-26,23(28)25-4-2)17-19-11-13-21(14-12-19)20-9-6-5-7-10-20/h5-7,9-14H,3-4,8,15-18H2,1-2H3,(H,25,28)/t24-/m1/s1. The minimum absolute atomic E-state index is 0.0655.